The summed E-state index contributed by atoms with van der Waals surface area (Å²) in [5.41, 5.74) is 0. The van der Waals surface area contributed by atoms with Crippen LogP contribution < -0.4 is 10.6 Å². The number of rotatable bonds is 14. The van der Waals surface area contributed by atoms with E-state index in [-0.39, 0.29) is 23.7 Å². The molecule has 1 saturated carbocycles. The Labute approximate surface area is 161 Å². The summed E-state index contributed by atoms with van der Waals surface area (Å²) in [5, 5.41) is 6.18. The summed E-state index contributed by atoms with van der Waals surface area (Å²) < 4.78 is 0. The van der Waals surface area contributed by atoms with Crippen molar-refractivity contribution in [3.63, 3.8) is 0 Å². The number of carbonyl (C=O) groups is 2. The zero-order valence-corrected chi connectivity index (χ0v) is 17.3. The topological polar surface area (TPSA) is 58.2 Å². The molecular weight excluding hydrogens is 324 g/mol. The first kappa shape index (κ1) is 23.0. The van der Waals surface area contributed by atoms with Crippen molar-refractivity contribution in [2.24, 2.45) is 11.8 Å². The Morgan fingerprint density at radius 3 is 1.31 bits per heavy atom. The van der Waals surface area contributed by atoms with Gasteiger partial charge < -0.3 is 10.6 Å². The molecule has 1 fully saturated rings. The smallest absolute Gasteiger partial charge is 0.223 e. The van der Waals surface area contributed by atoms with Gasteiger partial charge in [0.2, 0.25) is 11.8 Å². The Balaban J connectivity index is 2.07. The second kappa shape index (κ2) is 15.0. The van der Waals surface area contributed by atoms with Crippen molar-refractivity contribution in [3.05, 3.63) is 0 Å². The third-order valence-corrected chi connectivity index (χ3v) is 5.63. The van der Waals surface area contributed by atoms with Crippen LogP contribution >= 0.6 is 0 Å². The van der Waals surface area contributed by atoms with E-state index in [0.717, 1.165) is 51.6 Å². The fourth-order valence-electron chi connectivity index (χ4n) is 3.79. The number of amides is 2. The van der Waals surface area contributed by atoms with E-state index < -0.39 is 0 Å². The lowest BCUT2D eigenvalue weighted by Gasteiger charge is -2.27. The maximum Gasteiger partial charge on any atom is 0.223 e. The van der Waals surface area contributed by atoms with E-state index in [2.05, 4.69) is 24.5 Å². The number of unbranched alkanes of at least 4 members (excludes halogenated alkanes) is 8. The molecule has 1 rings (SSSR count). The molecular formula is C22H42N2O2. The van der Waals surface area contributed by atoms with Gasteiger partial charge in [-0.05, 0) is 38.5 Å². The van der Waals surface area contributed by atoms with Gasteiger partial charge in [-0.15, -0.1) is 0 Å². The Bertz CT molecular complexity index is 340. The minimum Gasteiger partial charge on any atom is -0.356 e. The quantitative estimate of drug-likeness (QED) is 0.427. The molecule has 152 valence electrons. The Morgan fingerprint density at radius 2 is 0.962 bits per heavy atom. The zero-order chi connectivity index (χ0) is 19.0. The number of hydrogen-bond donors (Lipinski definition) is 2. The van der Waals surface area contributed by atoms with Crippen molar-refractivity contribution in [1.82, 2.24) is 10.6 Å². The van der Waals surface area contributed by atoms with E-state index in [1.54, 1.807) is 0 Å². The fourth-order valence-corrected chi connectivity index (χ4v) is 3.79. The van der Waals surface area contributed by atoms with Crippen molar-refractivity contribution in [3.8, 4) is 0 Å². The zero-order valence-electron chi connectivity index (χ0n) is 17.3. The highest BCUT2D eigenvalue weighted by Crippen LogP contribution is 2.29. The standard InChI is InChI=1S/C22H42N2O2/c1-3-5-7-9-11-17-23-21(25)19-13-15-20(16-14-19)22(26)24-18-12-10-8-6-4-2/h19-20H,3-18H2,1-2H3,(H,23,25)(H,24,26). The molecule has 2 amide bonds. The molecule has 0 spiro atoms. The lowest BCUT2D eigenvalue weighted by atomic mass is 9.81. The van der Waals surface area contributed by atoms with Crippen molar-refractivity contribution in [1.29, 1.82) is 0 Å². The maximum absolute atomic E-state index is 12.2. The second-order valence-corrected chi connectivity index (χ2v) is 7.96. The van der Waals surface area contributed by atoms with Gasteiger partial charge in [-0.1, -0.05) is 65.2 Å². The van der Waals surface area contributed by atoms with Crippen LogP contribution in [0.4, 0.5) is 0 Å². The Kier molecular flexibility index (Phi) is 13.3. The third kappa shape index (κ3) is 10.2. The van der Waals surface area contributed by atoms with Crippen LogP contribution in [0, 0.1) is 11.8 Å². The van der Waals surface area contributed by atoms with Crippen LogP contribution in [-0.2, 0) is 9.59 Å². The number of carbonyl (C=O) groups excluding carboxylic acids is 2. The first-order valence-electron chi connectivity index (χ1n) is 11.2. The summed E-state index contributed by atoms with van der Waals surface area (Å²) in [5.74, 6) is 0.637. The number of hydrogen-bond acceptors (Lipinski definition) is 2. The van der Waals surface area contributed by atoms with Gasteiger partial charge in [0.15, 0.2) is 0 Å². The summed E-state index contributed by atoms with van der Waals surface area (Å²) in [7, 11) is 0. The lowest BCUT2D eigenvalue weighted by molar-refractivity contribution is -0.130. The van der Waals surface area contributed by atoms with Gasteiger partial charge >= 0.3 is 0 Å². The first-order valence-corrected chi connectivity index (χ1v) is 11.2. The van der Waals surface area contributed by atoms with Gasteiger partial charge in [-0.2, -0.15) is 0 Å². The monoisotopic (exact) mass is 366 g/mol. The van der Waals surface area contributed by atoms with E-state index in [0.29, 0.717) is 0 Å². The highest BCUT2D eigenvalue weighted by Gasteiger charge is 2.29. The highest BCUT2D eigenvalue weighted by molar-refractivity contribution is 5.81. The molecule has 0 aromatic heterocycles. The van der Waals surface area contributed by atoms with Gasteiger partial charge in [0, 0.05) is 24.9 Å². The van der Waals surface area contributed by atoms with Crippen LogP contribution in [-0.4, -0.2) is 24.9 Å². The molecule has 0 radical (unpaired) electrons. The minimum atomic E-state index is 0.115. The van der Waals surface area contributed by atoms with Crippen LogP contribution in [0.2, 0.25) is 0 Å². The second-order valence-electron chi connectivity index (χ2n) is 7.96. The Morgan fingerprint density at radius 1 is 0.615 bits per heavy atom. The van der Waals surface area contributed by atoms with Gasteiger partial charge in [0.1, 0.15) is 0 Å². The molecule has 0 heterocycles. The number of nitrogens with one attached hydrogen (secondary N) is 2. The van der Waals surface area contributed by atoms with Crippen molar-refractivity contribution in [2.45, 2.75) is 104 Å². The first-order chi connectivity index (χ1) is 12.7. The predicted octanol–water partition coefficient (Wildman–Crippen LogP) is 4.97. The van der Waals surface area contributed by atoms with Gasteiger partial charge in [0.25, 0.3) is 0 Å². The minimum absolute atomic E-state index is 0.115. The molecule has 0 unspecified atom stereocenters. The molecule has 4 heteroatoms. The lowest BCUT2D eigenvalue weighted by Crippen LogP contribution is -2.38. The maximum atomic E-state index is 12.2. The largest absolute Gasteiger partial charge is 0.356 e. The third-order valence-electron chi connectivity index (χ3n) is 5.63. The molecule has 0 aromatic rings. The molecule has 0 aromatic carbocycles. The van der Waals surface area contributed by atoms with E-state index in [4.69, 9.17) is 0 Å². The summed E-state index contributed by atoms with van der Waals surface area (Å²) in [6.07, 6.45) is 15.6. The summed E-state index contributed by atoms with van der Waals surface area (Å²) in [6.45, 7) is 6.04. The normalized spacial score (nSPS) is 19.9. The summed E-state index contributed by atoms with van der Waals surface area (Å²) >= 11 is 0. The van der Waals surface area contributed by atoms with E-state index >= 15 is 0 Å². The van der Waals surface area contributed by atoms with Gasteiger partial charge in [-0.3, -0.25) is 9.59 Å². The molecule has 1 aliphatic carbocycles. The van der Waals surface area contributed by atoms with Crippen molar-refractivity contribution < 1.29 is 9.59 Å². The Hall–Kier alpha value is -1.06. The summed E-state index contributed by atoms with van der Waals surface area (Å²) in [4.78, 5) is 24.5. The van der Waals surface area contributed by atoms with Gasteiger partial charge in [0.05, 0.1) is 0 Å². The molecule has 2 N–H and O–H groups in total. The highest BCUT2D eigenvalue weighted by atomic mass is 16.2. The predicted molar refractivity (Wildman–Crippen MR) is 109 cm³/mol. The van der Waals surface area contributed by atoms with Crippen molar-refractivity contribution >= 4 is 11.8 Å². The molecule has 0 atom stereocenters. The molecule has 0 aliphatic heterocycles. The molecule has 1 aliphatic rings. The van der Waals surface area contributed by atoms with Crippen LogP contribution in [0.5, 0.6) is 0 Å². The van der Waals surface area contributed by atoms with E-state index in [1.807, 2.05) is 0 Å². The average molecular weight is 367 g/mol. The van der Waals surface area contributed by atoms with Crippen molar-refractivity contribution in [2.75, 3.05) is 13.1 Å². The van der Waals surface area contributed by atoms with E-state index in [1.165, 1.54) is 51.4 Å². The molecule has 26 heavy (non-hydrogen) atoms. The molecule has 4 nitrogen and oxygen atoms in total. The van der Waals surface area contributed by atoms with E-state index in [9.17, 15) is 9.59 Å². The SMILES string of the molecule is CCCCCCCNC(=O)C1CCC(C(=O)NCCCCCCC)CC1. The molecule has 0 saturated heterocycles. The van der Waals surface area contributed by atoms with Crippen LogP contribution in [0.3, 0.4) is 0 Å². The average Bonchev–Trinajstić information content (AvgIpc) is 2.67. The van der Waals surface area contributed by atoms with Crippen LogP contribution in [0.15, 0.2) is 0 Å². The van der Waals surface area contributed by atoms with Gasteiger partial charge in [-0.25, -0.2) is 0 Å². The summed E-state index contributed by atoms with van der Waals surface area (Å²) in [6, 6.07) is 0. The van der Waals surface area contributed by atoms with Crippen LogP contribution in [0.1, 0.15) is 104 Å². The molecule has 0 bridgehead atoms. The fraction of sp³-hybridized carbons (Fsp3) is 0.909. The van der Waals surface area contributed by atoms with Crippen LogP contribution in [0.25, 0.3) is 0 Å².